The summed E-state index contributed by atoms with van der Waals surface area (Å²) in [6, 6.07) is 4.75. The molecule has 3 nitrogen and oxygen atoms in total. The zero-order valence-corrected chi connectivity index (χ0v) is 11.2. The highest BCUT2D eigenvalue weighted by molar-refractivity contribution is 7.99. The van der Waals surface area contributed by atoms with Crippen molar-refractivity contribution >= 4 is 22.9 Å². The van der Waals surface area contributed by atoms with Gasteiger partial charge in [0.25, 0.3) is 0 Å². The number of fused-ring (bicyclic) bond motifs is 1. The smallest absolute Gasteiger partial charge is 0.160 e. The minimum Gasteiger partial charge on any atom is -0.310 e. The Morgan fingerprint density at radius 1 is 1.33 bits per heavy atom. The van der Waals surface area contributed by atoms with Gasteiger partial charge in [0.2, 0.25) is 0 Å². The molecule has 0 spiro atoms. The van der Waals surface area contributed by atoms with Crippen LogP contribution in [0.1, 0.15) is 31.1 Å². The Morgan fingerprint density at radius 3 is 3.06 bits per heavy atom. The summed E-state index contributed by atoms with van der Waals surface area (Å²) >= 11 is 2.09. The van der Waals surface area contributed by atoms with Crippen molar-refractivity contribution in [2.75, 3.05) is 11.5 Å². The summed E-state index contributed by atoms with van der Waals surface area (Å²) in [6.07, 6.45) is 6.98. The van der Waals surface area contributed by atoms with Gasteiger partial charge >= 0.3 is 0 Å². The predicted molar refractivity (Wildman–Crippen MR) is 74.9 cm³/mol. The number of imidazole rings is 1. The van der Waals surface area contributed by atoms with Crippen LogP contribution in [0.2, 0.25) is 0 Å². The Kier molecular flexibility index (Phi) is 2.57. The van der Waals surface area contributed by atoms with Gasteiger partial charge in [-0.25, -0.2) is 9.97 Å². The third-order valence-corrected chi connectivity index (χ3v) is 5.16. The van der Waals surface area contributed by atoms with Gasteiger partial charge in [0, 0.05) is 18.7 Å². The molecule has 2 aliphatic rings. The van der Waals surface area contributed by atoms with Crippen LogP contribution in [0.3, 0.4) is 0 Å². The van der Waals surface area contributed by atoms with E-state index in [1.54, 1.807) is 0 Å². The van der Waals surface area contributed by atoms with Gasteiger partial charge in [0.1, 0.15) is 11.3 Å². The average molecular weight is 259 g/mol. The SMILES string of the molecule is c1cnc2c(c1)nc(CC1CCSC1)n2C1CC1. The zero-order chi connectivity index (χ0) is 11.9. The van der Waals surface area contributed by atoms with Gasteiger partial charge in [0.05, 0.1) is 0 Å². The minimum atomic E-state index is 0.675. The molecule has 0 radical (unpaired) electrons. The molecular weight excluding hydrogens is 242 g/mol. The second-order valence-electron chi connectivity index (χ2n) is 5.41. The fourth-order valence-electron chi connectivity index (χ4n) is 2.84. The van der Waals surface area contributed by atoms with Gasteiger partial charge in [-0.1, -0.05) is 0 Å². The van der Waals surface area contributed by atoms with Crippen LogP contribution in [-0.4, -0.2) is 26.0 Å². The van der Waals surface area contributed by atoms with Crippen molar-refractivity contribution in [1.82, 2.24) is 14.5 Å². The number of nitrogens with zero attached hydrogens (tertiary/aromatic N) is 3. The lowest BCUT2D eigenvalue weighted by Gasteiger charge is -2.10. The first kappa shape index (κ1) is 10.9. The van der Waals surface area contributed by atoms with E-state index in [2.05, 4.69) is 27.4 Å². The van der Waals surface area contributed by atoms with Crippen molar-refractivity contribution in [1.29, 1.82) is 0 Å². The third kappa shape index (κ3) is 1.83. The van der Waals surface area contributed by atoms with Crippen LogP contribution in [0.25, 0.3) is 11.2 Å². The van der Waals surface area contributed by atoms with Crippen molar-refractivity contribution < 1.29 is 0 Å². The summed E-state index contributed by atoms with van der Waals surface area (Å²) in [5, 5.41) is 0. The van der Waals surface area contributed by atoms with Crippen LogP contribution < -0.4 is 0 Å². The molecule has 1 atom stereocenters. The first-order chi connectivity index (χ1) is 8.92. The van der Waals surface area contributed by atoms with Crippen LogP contribution in [0.4, 0.5) is 0 Å². The lowest BCUT2D eigenvalue weighted by Crippen LogP contribution is -2.09. The van der Waals surface area contributed by atoms with Crippen LogP contribution in [0.15, 0.2) is 18.3 Å². The summed E-state index contributed by atoms with van der Waals surface area (Å²) in [5.74, 6) is 4.73. The Balaban J connectivity index is 1.75. The maximum atomic E-state index is 4.83. The number of aromatic nitrogens is 3. The molecule has 1 aliphatic carbocycles. The molecular formula is C14H17N3S. The average Bonchev–Trinajstić information content (AvgIpc) is 2.97. The van der Waals surface area contributed by atoms with Crippen LogP contribution in [0.5, 0.6) is 0 Å². The van der Waals surface area contributed by atoms with E-state index in [9.17, 15) is 0 Å². The summed E-state index contributed by atoms with van der Waals surface area (Å²) in [4.78, 5) is 9.36. The normalized spacial score (nSPS) is 23.9. The van der Waals surface area contributed by atoms with Crippen molar-refractivity contribution in [3.8, 4) is 0 Å². The summed E-state index contributed by atoms with van der Waals surface area (Å²) < 4.78 is 2.42. The molecule has 0 bridgehead atoms. The van der Waals surface area contributed by atoms with Gasteiger partial charge in [-0.3, -0.25) is 0 Å². The van der Waals surface area contributed by atoms with Crippen molar-refractivity contribution in [3.05, 3.63) is 24.2 Å². The van der Waals surface area contributed by atoms with E-state index in [0.717, 1.165) is 23.5 Å². The van der Waals surface area contributed by atoms with Crippen LogP contribution in [0, 0.1) is 5.92 Å². The Morgan fingerprint density at radius 2 is 2.28 bits per heavy atom. The highest BCUT2D eigenvalue weighted by Gasteiger charge is 2.30. The topological polar surface area (TPSA) is 30.7 Å². The lowest BCUT2D eigenvalue weighted by molar-refractivity contribution is 0.551. The molecule has 4 heteroatoms. The zero-order valence-electron chi connectivity index (χ0n) is 10.4. The van der Waals surface area contributed by atoms with E-state index in [1.807, 2.05) is 12.3 Å². The highest BCUT2D eigenvalue weighted by atomic mass is 32.2. The number of rotatable bonds is 3. The molecule has 1 saturated carbocycles. The molecule has 2 aromatic rings. The lowest BCUT2D eigenvalue weighted by atomic mass is 10.1. The molecule has 0 aromatic carbocycles. The van der Waals surface area contributed by atoms with E-state index in [4.69, 9.17) is 4.98 Å². The van der Waals surface area contributed by atoms with E-state index >= 15 is 0 Å². The van der Waals surface area contributed by atoms with Gasteiger partial charge < -0.3 is 4.57 Å². The van der Waals surface area contributed by atoms with Crippen molar-refractivity contribution in [2.24, 2.45) is 5.92 Å². The van der Waals surface area contributed by atoms with Gasteiger partial charge in [0.15, 0.2) is 5.65 Å². The molecule has 0 N–H and O–H groups in total. The monoisotopic (exact) mass is 259 g/mol. The molecule has 4 rings (SSSR count). The Hall–Kier alpha value is -1.03. The molecule has 18 heavy (non-hydrogen) atoms. The van der Waals surface area contributed by atoms with E-state index in [-0.39, 0.29) is 0 Å². The molecule has 2 fully saturated rings. The van der Waals surface area contributed by atoms with E-state index in [0.29, 0.717) is 6.04 Å². The summed E-state index contributed by atoms with van der Waals surface area (Å²) in [7, 11) is 0. The van der Waals surface area contributed by atoms with Crippen molar-refractivity contribution in [2.45, 2.75) is 31.7 Å². The largest absolute Gasteiger partial charge is 0.310 e. The fraction of sp³-hybridized carbons (Fsp3) is 0.571. The maximum absolute atomic E-state index is 4.83. The molecule has 1 unspecified atom stereocenters. The van der Waals surface area contributed by atoms with E-state index < -0.39 is 0 Å². The van der Waals surface area contributed by atoms with Crippen LogP contribution in [-0.2, 0) is 6.42 Å². The number of thioether (sulfide) groups is 1. The quantitative estimate of drug-likeness (QED) is 0.848. The number of hydrogen-bond acceptors (Lipinski definition) is 3. The predicted octanol–water partition coefficient (Wildman–Crippen LogP) is 3.06. The van der Waals surface area contributed by atoms with Crippen LogP contribution >= 0.6 is 11.8 Å². The van der Waals surface area contributed by atoms with Crippen molar-refractivity contribution in [3.63, 3.8) is 0 Å². The minimum absolute atomic E-state index is 0.675. The number of pyridine rings is 1. The fourth-order valence-corrected chi connectivity index (χ4v) is 4.12. The second kappa shape index (κ2) is 4.26. The van der Waals surface area contributed by atoms with Gasteiger partial charge in [-0.05, 0) is 48.8 Å². The van der Waals surface area contributed by atoms with Gasteiger partial charge in [-0.15, -0.1) is 0 Å². The maximum Gasteiger partial charge on any atom is 0.160 e. The number of hydrogen-bond donors (Lipinski definition) is 0. The summed E-state index contributed by atoms with van der Waals surface area (Å²) in [6.45, 7) is 0. The molecule has 1 aliphatic heterocycles. The van der Waals surface area contributed by atoms with Gasteiger partial charge in [-0.2, -0.15) is 11.8 Å². The standard InChI is InChI=1S/C14H17N3S/c1-2-12-14(15-6-1)17(11-3-4-11)13(16-12)8-10-5-7-18-9-10/h1-2,6,10-11H,3-5,7-9H2. The highest BCUT2D eigenvalue weighted by Crippen LogP contribution is 2.39. The second-order valence-corrected chi connectivity index (χ2v) is 6.56. The molecule has 94 valence electrons. The first-order valence-corrected chi connectivity index (χ1v) is 7.97. The molecule has 2 aromatic heterocycles. The molecule has 0 amide bonds. The van der Waals surface area contributed by atoms with E-state index in [1.165, 1.54) is 36.6 Å². The Bertz CT molecular complexity index is 567. The summed E-state index contributed by atoms with van der Waals surface area (Å²) in [5.41, 5.74) is 2.17. The molecule has 3 heterocycles. The first-order valence-electron chi connectivity index (χ1n) is 6.81. The third-order valence-electron chi connectivity index (χ3n) is 3.93. The Labute approximate surface area is 111 Å². The molecule has 1 saturated heterocycles.